The van der Waals surface area contributed by atoms with Crippen LogP contribution in [-0.2, 0) is 6.42 Å². The summed E-state index contributed by atoms with van der Waals surface area (Å²) in [4.78, 5) is 4.56. The van der Waals surface area contributed by atoms with Crippen molar-refractivity contribution in [3.8, 4) is 5.75 Å². The van der Waals surface area contributed by atoms with E-state index < -0.39 is 0 Å². The molecule has 0 atom stereocenters. The van der Waals surface area contributed by atoms with Crippen LogP contribution in [0.15, 0.2) is 42.6 Å². The number of hydrogen-bond donors (Lipinski definition) is 0. The average Bonchev–Trinajstić information content (AvgIpc) is 2.68. The first-order chi connectivity index (χ1) is 12.8. The second kappa shape index (κ2) is 12.3. The van der Waals surface area contributed by atoms with E-state index >= 15 is 0 Å². The standard InChI is InChI=1S/C24H33NO/c1-3-5-7-8-9-10-22-12-16-23(25-20-22)15-11-21-13-17-24(18-14-21)26-19-6-4-2/h11-18,20H,3-10,19H2,1-2H3/b15-11+. The number of nitrogens with zero attached hydrogens (tertiary/aromatic N) is 1. The number of aromatic nitrogens is 1. The smallest absolute Gasteiger partial charge is 0.119 e. The Balaban J connectivity index is 1.78. The zero-order valence-electron chi connectivity index (χ0n) is 16.4. The molecule has 0 amide bonds. The van der Waals surface area contributed by atoms with Crippen LogP contribution in [0.1, 0.15) is 75.6 Å². The van der Waals surface area contributed by atoms with E-state index in [9.17, 15) is 0 Å². The van der Waals surface area contributed by atoms with Gasteiger partial charge in [0, 0.05) is 6.20 Å². The fraction of sp³-hybridized carbons (Fsp3) is 0.458. The van der Waals surface area contributed by atoms with Crippen LogP contribution in [0.4, 0.5) is 0 Å². The maximum absolute atomic E-state index is 5.69. The van der Waals surface area contributed by atoms with Gasteiger partial charge in [0.1, 0.15) is 5.75 Å². The summed E-state index contributed by atoms with van der Waals surface area (Å²) in [5.74, 6) is 0.942. The fourth-order valence-electron chi connectivity index (χ4n) is 2.81. The first-order valence-corrected chi connectivity index (χ1v) is 10.2. The van der Waals surface area contributed by atoms with E-state index in [0.29, 0.717) is 0 Å². The Labute approximate surface area is 159 Å². The van der Waals surface area contributed by atoms with Gasteiger partial charge < -0.3 is 4.74 Å². The highest BCUT2D eigenvalue weighted by molar-refractivity contribution is 5.68. The Morgan fingerprint density at radius 3 is 2.27 bits per heavy atom. The van der Waals surface area contributed by atoms with E-state index in [4.69, 9.17) is 4.74 Å². The maximum atomic E-state index is 5.69. The molecule has 2 rings (SSSR count). The molecule has 0 unspecified atom stereocenters. The summed E-state index contributed by atoms with van der Waals surface area (Å²) in [6, 6.07) is 12.6. The van der Waals surface area contributed by atoms with Crippen LogP contribution in [0.5, 0.6) is 5.75 Å². The largest absolute Gasteiger partial charge is 0.494 e. The van der Waals surface area contributed by atoms with Gasteiger partial charge in [0.2, 0.25) is 0 Å². The summed E-state index contributed by atoms with van der Waals surface area (Å²) < 4.78 is 5.69. The molecule has 1 heterocycles. The summed E-state index contributed by atoms with van der Waals surface area (Å²) in [5.41, 5.74) is 3.50. The predicted octanol–water partition coefficient (Wildman–Crippen LogP) is 6.94. The Morgan fingerprint density at radius 1 is 0.808 bits per heavy atom. The van der Waals surface area contributed by atoms with Gasteiger partial charge in [0.15, 0.2) is 0 Å². The van der Waals surface area contributed by atoms with E-state index in [-0.39, 0.29) is 0 Å². The van der Waals surface area contributed by atoms with Crippen LogP contribution < -0.4 is 4.74 Å². The molecule has 0 N–H and O–H groups in total. The number of rotatable bonds is 12. The maximum Gasteiger partial charge on any atom is 0.119 e. The molecule has 0 aliphatic carbocycles. The average molecular weight is 352 g/mol. The third kappa shape index (κ3) is 7.86. The first-order valence-electron chi connectivity index (χ1n) is 10.2. The van der Waals surface area contributed by atoms with Gasteiger partial charge in [-0.1, -0.05) is 70.2 Å². The van der Waals surface area contributed by atoms with Crippen molar-refractivity contribution >= 4 is 12.2 Å². The van der Waals surface area contributed by atoms with Crippen molar-refractivity contribution in [1.82, 2.24) is 4.98 Å². The lowest BCUT2D eigenvalue weighted by Gasteiger charge is -2.05. The number of hydrogen-bond acceptors (Lipinski definition) is 2. The molecule has 0 aliphatic rings. The fourth-order valence-corrected chi connectivity index (χ4v) is 2.81. The zero-order valence-corrected chi connectivity index (χ0v) is 16.4. The highest BCUT2D eigenvalue weighted by Crippen LogP contribution is 2.15. The summed E-state index contributed by atoms with van der Waals surface area (Å²) in [6.45, 7) is 5.22. The number of unbranched alkanes of at least 4 members (excludes halogenated alkanes) is 5. The molecule has 1 aromatic carbocycles. The number of aryl methyl sites for hydroxylation is 1. The molecule has 2 aromatic rings. The molecule has 26 heavy (non-hydrogen) atoms. The molecule has 2 nitrogen and oxygen atoms in total. The topological polar surface area (TPSA) is 22.1 Å². The lowest BCUT2D eigenvalue weighted by Crippen LogP contribution is -1.95. The lowest BCUT2D eigenvalue weighted by atomic mass is 10.1. The van der Waals surface area contributed by atoms with Gasteiger partial charge in [-0.15, -0.1) is 0 Å². The minimum atomic E-state index is 0.792. The van der Waals surface area contributed by atoms with Crippen LogP contribution >= 0.6 is 0 Å². The Kier molecular flexibility index (Phi) is 9.56. The molecule has 1 aromatic heterocycles. The Morgan fingerprint density at radius 2 is 1.58 bits per heavy atom. The normalized spacial score (nSPS) is 11.2. The van der Waals surface area contributed by atoms with Gasteiger partial charge in [-0.2, -0.15) is 0 Å². The van der Waals surface area contributed by atoms with E-state index in [0.717, 1.165) is 42.9 Å². The van der Waals surface area contributed by atoms with Gasteiger partial charge in [0.05, 0.1) is 12.3 Å². The molecular weight excluding hydrogens is 318 g/mol. The van der Waals surface area contributed by atoms with Gasteiger partial charge in [0.25, 0.3) is 0 Å². The van der Waals surface area contributed by atoms with Crippen molar-refractivity contribution in [3.63, 3.8) is 0 Å². The minimum absolute atomic E-state index is 0.792. The predicted molar refractivity (Wildman–Crippen MR) is 112 cm³/mol. The monoisotopic (exact) mass is 351 g/mol. The molecular formula is C24H33NO. The van der Waals surface area contributed by atoms with Gasteiger partial charge in [-0.25, -0.2) is 0 Å². The molecule has 0 spiro atoms. The molecule has 140 valence electrons. The molecule has 0 radical (unpaired) electrons. The van der Waals surface area contributed by atoms with Crippen molar-refractivity contribution in [3.05, 3.63) is 59.4 Å². The Hall–Kier alpha value is -2.09. The highest BCUT2D eigenvalue weighted by atomic mass is 16.5. The van der Waals surface area contributed by atoms with Crippen molar-refractivity contribution in [2.45, 2.75) is 65.2 Å². The van der Waals surface area contributed by atoms with Crippen LogP contribution in [0.2, 0.25) is 0 Å². The number of pyridine rings is 1. The van der Waals surface area contributed by atoms with Gasteiger partial charge >= 0.3 is 0 Å². The molecule has 0 bridgehead atoms. The molecule has 0 saturated carbocycles. The van der Waals surface area contributed by atoms with Crippen LogP contribution in [0.3, 0.4) is 0 Å². The van der Waals surface area contributed by atoms with E-state index in [1.165, 1.54) is 37.7 Å². The van der Waals surface area contributed by atoms with Crippen molar-refractivity contribution in [1.29, 1.82) is 0 Å². The minimum Gasteiger partial charge on any atom is -0.494 e. The van der Waals surface area contributed by atoms with E-state index in [1.807, 2.05) is 18.3 Å². The second-order valence-electron chi connectivity index (χ2n) is 6.86. The van der Waals surface area contributed by atoms with E-state index in [1.54, 1.807) is 0 Å². The summed E-state index contributed by atoms with van der Waals surface area (Å²) in [5, 5.41) is 0. The first kappa shape index (κ1) is 20.2. The zero-order chi connectivity index (χ0) is 18.5. The number of benzene rings is 1. The van der Waals surface area contributed by atoms with Crippen LogP contribution in [0, 0.1) is 0 Å². The van der Waals surface area contributed by atoms with Crippen LogP contribution in [-0.4, -0.2) is 11.6 Å². The summed E-state index contributed by atoms with van der Waals surface area (Å²) in [7, 11) is 0. The molecule has 0 saturated heterocycles. The van der Waals surface area contributed by atoms with Crippen molar-refractivity contribution in [2.75, 3.05) is 6.61 Å². The molecule has 0 fully saturated rings. The quantitative estimate of drug-likeness (QED) is 0.386. The molecule has 2 heteroatoms. The van der Waals surface area contributed by atoms with Gasteiger partial charge in [-0.3, -0.25) is 4.98 Å². The van der Waals surface area contributed by atoms with Crippen molar-refractivity contribution < 1.29 is 4.74 Å². The summed E-state index contributed by atoms with van der Waals surface area (Å²) >= 11 is 0. The summed E-state index contributed by atoms with van der Waals surface area (Å²) in [6.07, 6.45) is 16.2. The number of ether oxygens (including phenoxy) is 1. The third-order valence-corrected chi connectivity index (χ3v) is 4.51. The van der Waals surface area contributed by atoms with Crippen LogP contribution in [0.25, 0.3) is 12.2 Å². The lowest BCUT2D eigenvalue weighted by molar-refractivity contribution is 0.309. The third-order valence-electron chi connectivity index (χ3n) is 4.51. The second-order valence-corrected chi connectivity index (χ2v) is 6.86. The highest BCUT2D eigenvalue weighted by Gasteiger charge is 1.96. The van der Waals surface area contributed by atoms with E-state index in [2.05, 4.69) is 55.2 Å². The SMILES string of the molecule is CCCCCCCc1ccc(/C=C/c2ccc(OCCCC)cc2)nc1. The van der Waals surface area contributed by atoms with Crippen molar-refractivity contribution in [2.24, 2.45) is 0 Å². The van der Waals surface area contributed by atoms with Gasteiger partial charge in [-0.05, 0) is 54.7 Å². The molecule has 0 aliphatic heterocycles. The Bertz CT molecular complexity index is 628.